The highest BCUT2D eigenvalue weighted by atomic mass is 32.2. The standard InChI is InChI=1S/C17H16N2O5S2/c18-10-13-5-4-8-15(9-13)26(23,24)19(14-6-2-1-3-7-14)16-11-25(21,22)12-17(16)20/h1-9,16-17,20H,11-12H2/t16-,17-/m1/s1. The van der Waals surface area contributed by atoms with Gasteiger partial charge in [-0.15, -0.1) is 0 Å². The van der Waals surface area contributed by atoms with Gasteiger partial charge in [-0.25, -0.2) is 16.8 Å². The summed E-state index contributed by atoms with van der Waals surface area (Å²) in [5.74, 6) is -0.963. The number of aliphatic hydroxyl groups excluding tert-OH is 1. The number of hydrogen-bond donors (Lipinski definition) is 1. The Hall–Kier alpha value is -2.41. The molecule has 26 heavy (non-hydrogen) atoms. The topological polar surface area (TPSA) is 116 Å². The SMILES string of the molecule is N#Cc1cccc(S(=O)(=O)N(c2ccccc2)[C@@H]2CS(=O)(=O)C[C@H]2O)c1. The van der Waals surface area contributed by atoms with E-state index in [4.69, 9.17) is 5.26 Å². The largest absolute Gasteiger partial charge is 0.390 e. The molecule has 0 unspecified atom stereocenters. The van der Waals surface area contributed by atoms with Gasteiger partial charge in [0, 0.05) is 0 Å². The monoisotopic (exact) mass is 392 g/mol. The van der Waals surface area contributed by atoms with Crippen molar-refractivity contribution in [2.75, 3.05) is 15.8 Å². The molecular weight excluding hydrogens is 376 g/mol. The van der Waals surface area contributed by atoms with E-state index in [1.807, 2.05) is 6.07 Å². The van der Waals surface area contributed by atoms with E-state index in [2.05, 4.69) is 0 Å². The minimum atomic E-state index is -4.20. The van der Waals surface area contributed by atoms with Gasteiger partial charge >= 0.3 is 0 Å². The van der Waals surface area contributed by atoms with E-state index in [0.29, 0.717) is 0 Å². The van der Waals surface area contributed by atoms with Crippen LogP contribution in [0.4, 0.5) is 5.69 Å². The Morgan fingerprint density at radius 3 is 2.35 bits per heavy atom. The highest BCUT2D eigenvalue weighted by Crippen LogP contribution is 2.31. The molecule has 136 valence electrons. The third-order valence-electron chi connectivity index (χ3n) is 4.13. The van der Waals surface area contributed by atoms with E-state index in [-0.39, 0.29) is 16.1 Å². The lowest BCUT2D eigenvalue weighted by Gasteiger charge is -2.31. The maximum Gasteiger partial charge on any atom is 0.264 e. The van der Waals surface area contributed by atoms with E-state index in [1.165, 1.54) is 36.4 Å². The Balaban J connectivity index is 2.16. The lowest BCUT2D eigenvalue weighted by Crippen LogP contribution is -2.47. The van der Waals surface area contributed by atoms with Crippen LogP contribution in [-0.2, 0) is 19.9 Å². The van der Waals surface area contributed by atoms with Crippen LogP contribution in [-0.4, -0.2) is 45.6 Å². The molecule has 2 aromatic rings. The Morgan fingerprint density at radius 2 is 1.77 bits per heavy atom. The van der Waals surface area contributed by atoms with Crippen molar-refractivity contribution in [1.82, 2.24) is 0 Å². The highest BCUT2D eigenvalue weighted by Gasteiger charge is 2.45. The molecule has 1 saturated heterocycles. The molecule has 0 bridgehead atoms. The molecule has 9 heteroatoms. The molecule has 0 aliphatic carbocycles. The summed E-state index contributed by atoms with van der Waals surface area (Å²) in [6.45, 7) is 0. The fraction of sp³-hybridized carbons (Fsp3) is 0.235. The molecule has 0 amide bonds. The molecule has 3 rings (SSSR count). The number of sulfone groups is 1. The van der Waals surface area contributed by atoms with Crippen LogP contribution in [0.25, 0.3) is 0 Å². The van der Waals surface area contributed by atoms with Crippen molar-refractivity contribution in [1.29, 1.82) is 5.26 Å². The van der Waals surface area contributed by atoms with Gasteiger partial charge in [0.25, 0.3) is 10.0 Å². The molecule has 2 aromatic carbocycles. The van der Waals surface area contributed by atoms with Gasteiger partial charge < -0.3 is 5.11 Å². The molecular formula is C17H16N2O5S2. The van der Waals surface area contributed by atoms with Crippen molar-refractivity contribution in [3.05, 3.63) is 60.2 Å². The first-order valence-corrected chi connectivity index (χ1v) is 11.0. The van der Waals surface area contributed by atoms with Gasteiger partial charge in [0.1, 0.15) is 0 Å². The van der Waals surface area contributed by atoms with Crippen molar-refractivity contribution < 1.29 is 21.9 Å². The van der Waals surface area contributed by atoms with Gasteiger partial charge in [-0.3, -0.25) is 4.31 Å². The maximum atomic E-state index is 13.3. The van der Waals surface area contributed by atoms with Crippen LogP contribution in [0.1, 0.15) is 5.56 Å². The summed E-state index contributed by atoms with van der Waals surface area (Å²) in [4.78, 5) is -0.142. The van der Waals surface area contributed by atoms with Crippen LogP contribution < -0.4 is 4.31 Å². The Kier molecular flexibility index (Phi) is 4.75. The van der Waals surface area contributed by atoms with Crippen molar-refractivity contribution in [2.45, 2.75) is 17.0 Å². The van der Waals surface area contributed by atoms with E-state index < -0.39 is 43.5 Å². The average Bonchev–Trinajstić information content (AvgIpc) is 2.88. The second-order valence-electron chi connectivity index (χ2n) is 5.99. The normalized spacial score (nSPS) is 21.8. The first kappa shape index (κ1) is 18.4. The van der Waals surface area contributed by atoms with Gasteiger partial charge in [0.15, 0.2) is 9.84 Å². The predicted molar refractivity (Wildman–Crippen MR) is 95.7 cm³/mol. The van der Waals surface area contributed by atoms with E-state index >= 15 is 0 Å². The summed E-state index contributed by atoms with van der Waals surface area (Å²) in [5.41, 5.74) is 0.412. The first-order valence-electron chi connectivity index (χ1n) is 7.73. The molecule has 0 radical (unpaired) electrons. The lowest BCUT2D eigenvalue weighted by atomic mass is 10.2. The van der Waals surface area contributed by atoms with Crippen LogP contribution in [0.3, 0.4) is 0 Å². The third-order valence-corrected chi connectivity index (χ3v) is 7.67. The first-order chi connectivity index (χ1) is 12.2. The van der Waals surface area contributed by atoms with Crippen LogP contribution in [0.15, 0.2) is 59.5 Å². The number of benzene rings is 2. The molecule has 1 N–H and O–H groups in total. The zero-order valence-electron chi connectivity index (χ0n) is 13.6. The second kappa shape index (κ2) is 6.72. The molecule has 0 aromatic heterocycles. The summed E-state index contributed by atoms with van der Waals surface area (Å²) in [7, 11) is -7.76. The van der Waals surface area contributed by atoms with Crippen molar-refractivity contribution in [3.8, 4) is 6.07 Å². The molecule has 7 nitrogen and oxygen atoms in total. The third kappa shape index (κ3) is 3.44. The van der Waals surface area contributed by atoms with Gasteiger partial charge in [-0.05, 0) is 30.3 Å². The number of hydrogen-bond acceptors (Lipinski definition) is 6. The van der Waals surface area contributed by atoms with Crippen molar-refractivity contribution in [2.24, 2.45) is 0 Å². The number of anilines is 1. The Bertz CT molecular complexity index is 1060. The number of nitrogens with zero attached hydrogens (tertiary/aromatic N) is 2. The van der Waals surface area contributed by atoms with Crippen LogP contribution in [0.2, 0.25) is 0 Å². The van der Waals surface area contributed by atoms with E-state index in [9.17, 15) is 21.9 Å². The molecule has 2 atom stereocenters. The van der Waals surface area contributed by atoms with E-state index in [0.717, 1.165) is 4.31 Å². The smallest absolute Gasteiger partial charge is 0.264 e. The average molecular weight is 392 g/mol. The minimum Gasteiger partial charge on any atom is -0.390 e. The molecule has 0 spiro atoms. The summed E-state index contributed by atoms with van der Waals surface area (Å²) in [5, 5.41) is 19.3. The lowest BCUT2D eigenvalue weighted by molar-refractivity contribution is 0.184. The molecule has 0 saturated carbocycles. The van der Waals surface area contributed by atoms with Crippen LogP contribution >= 0.6 is 0 Å². The van der Waals surface area contributed by atoms with Crippen LogP contribution in [0.5, 0.6) is 0 Å². The highest BCUT2D eigenvalue weighted by molar-refractivity contribution is 7.93. The Morgan fingerprint density at radius 1 is 1.08 bits per heavy atom. The van der Waals surface area contributed by atoms with E-state index in [1.54, 1.807) is 18.2 Å². The minimum absolute atomic E-state index is 0.142. The summed E-state index contributed by atoms with van der Waals surface area (Å²) in [6, 6.07) is 14.2. The van der Waals surface area contributed by atoms with Gasteiger partial charge in [-0.1, -0.05) is 24.3 Å². The van der Waals surface area contributed by atoms with Gasteiger partial charge in [0.2, 0.25) is 0 Å². The molecule has 1 fully saturated rings. The molecule has 1 aliphatic rings. The second-order valence-corrected chi connectivity index (χ2v) is 9.96. The van der Waals surface area contributed by atoms with Gasteiger partial charge in [-0.2, -0.15) is 5.26 Å². The zero-order valence-corrected chi connectivity index (χ0v) is 15.2. The fourth-order valence-corrected chi connectivity index (χ4v) is 6.55. The van der Waals surface area contributed by atoms with Crippen molar-refractivity contribution >= 4 is 25.5 Å². The molecule has 1 aliphatic heterocycles. The fourth-order valence-electron chi connectivity index (χ4n) is 2.96. The number of rotatable bonds is 4. The number of sulfonamides is 1. The number of nitriles is 1. The number of para-hydroxylation sites is 1. The Labute approximate surface area is 152 Å². The number of aliphatic hydroxyl groups is 1. The summed E-state index contributed by atoms with van der Waals surface area (Å²) in [6.07, 6.45) is -1.34. The zero-order chi connectivity index (χ0) is 18.9. The quantitative estimate of drug-likeness (QED) is 0.827. The maximum absolute atomic E-state index is 13.3. The van der Waals surface area contributed by atoms with Crippen LogP contribution in [0, 0.1) is 11.3 Å². The molecule has 1 heterocycles. The van der Waals surface area contributed by atoms with Gasteiger partial charge in [0.05, 0.1) is 45.9 Å². The predicted octanol–water partition coefficient (Wildman–Crippen LogP) is 0.911. The summed E-state index contributed by atoms with van der Waals surface area (Å²) < 4.78 is 51.3. The van der Waals surface area contributed by atoms with Crippen molar-refractivity contribution in [3.63, 3.8) is 0 Å². The summed E-state index contributed by atoms with van der Waals surface area (Å²) >= 11 is 0.